The first-order chi connectivity index (χ1) is 12.3. The molecule has 3 aromatic heterocycles. The zero-order chi connectivity index (χ0) is 17.1. The molecule has 0 aliphatic rings. The van der Waals surface area contributed by atoms with Crippen molar-refractivity contribution in [3.8, 4) is 17.3 Å². The number of aromatic nitrogens is 4. The topological polar surface area (TPSA) is 78.3 Å². The molecule has 0 aliphatic heterocycles. The molecule has 0 spiro atoms. The smallest absolute Gasteiger partial charge is 0.336 e. The van der Waals surface area contributed by atoms with Gasteiger partial charge in [-0.1, -0.05) is 36.4 Å². The third-order valence-electron chi connectivity index (χ3n) is 3.87. The summed E-state index contributed by atoms with van der Waals surface area (Å²) in [6.07, 6.45) is 2.54. The van der Waals surface area contributed by atoms with Gasteiger partial charge in [-0.15, -0.1) is 5.10 Å². The van der Waals surface area contributed by atoms with Crippen LogP contribution in [0.1, 0.15) is 5.56 Å². The van der Waals surface area contributed by atoms with Crippen LogP contribution in [0.5, 0.6) is 6.01 Å². The average molecular weight is 331 g/mol. The number of rotatable bonds is 5. The Morgan fingerprint density at radius 1 is 1.00 bits per heavy atom. The van der Waals surface area contributed by atoms with Crippen LogP contribution in [0, 0.1) is 0 Å². The number of fused-ring (bicyclic) bond motifs is 1. The minimum absolute atomic E-state index is 0.320. The van der Waals surface area contributed by atoms with Gasteiger partial charge in [-0.25, -0.2) is 0 Å². The highest BCUT2D eigenvalue weighted by Crippen LogP contribution is 2.22. The van der Waals surface area contributed by atoms with Crippen LogP contribution in [0.4, 0.5) is 5.82 Å². The number of nitrogen functional groups attached to an aromatic ring is 1. The second kappa shape index (κ2) is 6.60. The highest BCUT2D eigenvalue weighted by molar-refractivity contribution is 5.68. The Kier molecular flexibility index (Phi) is 4.00. The fraction of sp³-hybridized carbons (Fsp3) is 0.105. The number of hydrogen-bond acceptors (Lipinski definition) is 5. The molecule has 25 heavy (non-hydrogen) atoms. The van der Waals surface area contributed by atoms with Crippen molar-refractivity contribution in [3.05, 3.63) is 72.4 Å². The SMILES string of the molecule is Nc1cc(-c2ccccn2)cc2nc(OCCc3ccccc3)nn12. The maximum atomic E-state index is 6.10. The van der Waals surface area contributed by atoms with Crippen molar-refractivity contribution in [2.75, 3.05) is 12.3 Å². The van der Waals surface area contributed by atoms with Crippen molar-refractivity contribution in [2.24, 2.45) is 0 Å². The van der Waals surface area contributed by atoms with E-state index in [1.165, 1.54) is 5.56 Å². The summed E-state index contributed by atoms with van der Waals surface area (Å²) in [7, 11) is 0. The van der Waals surface area contributed by atoms with Gasteiger partial charge in [-0.3, -0.25) is 4.98 Å². The summed E-state index contributed by atoms with van der Waals surface area (Å²) in [4.78, 5) is 8.76. The fourth-order valence-electron chi connectivity index (χ4n) is 2.64. The summed E-state index contributed by atoms with van der Waals surface area (Å²) in [5.74, 6) is 0.489. The third-order valence-corrected chi connectivity index (χ3v) is 3.87. The van der Waals surface area contributed by atoms with Crippen molar-refractivity contribution in [3.63, 3.8) is 0 Å². The van der Waals surface area contributed by atoms with Gasteiger partial charge in [0.1, 0.15) is 5.82 Å². The summed E-state index contributed by atoms with van der Waals surface area (Å²) in [6, 6.07) is 19.9. The molecule has 1 aromatic carbocycles. The van der Waals surface area contributed by atoms with Crippen LogP contribution in [-0.2, 0) is 6.42 Å². The first-order valence-electron chi connectivity index (χ1n) is 8.04. The molecule has 6 nitrogen and oxygen atoms in total. The Morgan fingerprint density at radius 3 is 2.64 bits per heavy atom. The Bertz CT molecular complexity index is 983. The van der Waals surface area contributed by atoms with Gasteiger partial charge >= 0.3 is 6.01 Å². The molecule has 0 unspecified atom stereocenters. The summed E-state index contributed by atoms with van der Waals surface area (Å²) in [6.45, 7) is 0.508. The van der Waals surface area contributed by atoms with Gasteiger partial charge in [0.05, 0.1) is 12.3 Å². The van der Waals surface area contributed by atoms with E-state index in [1.54, 1.807) is 10.7 Å². The predicted molar refractivity (Wildman–Crippen MR) is 96.3 cm³/mol. The highest BCUT2D eigenvalue weighted by atomic mass is 16.5. The second-order valence-corrected chi connectivity index (χ2v) is 5.63. The molecule has 2 N–H and O–H groups in total. The quantitative estimate of drug-likeness (QED) is 0.608. The van der Waals surface area contributed by atoms with Crippen LogP contribution in [-0.4, -0.2) is 26.2 Å². The largest absolute Gasteiger partial charge is 0.462 e. The van der Waals surface area contributed by atoms with Gasteiger partial charge in [0.2, 0.25) is 0 Å². The van der Waals surface area contributed by atoms with Gasteiger partial charge in [0, 0.05) is 18.2 Å². The lowest BCUT2D eigenvalue weighted by Crippen LogP contribution is -2.03. The molecule has 0 bridgehead atoms. The number of nitrogens with zero attached hydrogens (tertiary/aromatic N) is 4. The lowest BCUT2D eigenvalue weighted by molar-refractivity contribution is 0.297. The molecule has 0 radical (unpaired) electrons. The Hall–Kier alpha value is -3.41. The van der Waals surface area contributed by atoms with Crippen LogP contribution in [0.2, 0.25) is 0 Å². The molecule has 0 saturated heterocycles. The number of hydrogen-bond donors (Lipinski definition) is 1. The van der Waals surface area contributed by atoms with Gasteiger partial charge in [-0.05, 0) is 29.8 Å². The average Bonchev–Trinajstić information content (AvgIpc) is 3.07. The highest BCUT2D eigenvalue weighted by Gasteiger charge is 2.10. The van der Waals surface area contributed by atoms with E-state index in [0.29, 0.717) is 24.1 Å². The maximum Gasteiger partial charge on any atom is 0.336 e. The molecule has 0 aliphatic carbocycles. The third kappa shape index (κ3) is 3.28. The van der Waals surface area contributed by atoms with E-state index in [9.17, 15) is 0 Å². The normalized spacial score (nSPS) is 10.9. The molecule has 0 fully saturated rings. The number of anilines is 1. The monoisotopic (exact) mass is 331 g/mol. The van der Waals surface area contributed by atoms with Crippen molar-refractivity contribution in [1.82, 2.24) is 19.6 Å². The molecular weight excluding hydrogens is 314 g/mol. The molecular formula is C19H17N5O. The minimum Gasteiger partial charge on any atom is -0.462 e. The minimum atomic E-state index is 0.320. The van der Waals surface area contributed by atoms with Crippen LogP contribution < -0.4 is 10.5 Å². The first kappa shape index (κ1) is 15.1. The van der Waals surface area contributed by atoms with E-state index < -0.39 is 0 Å². The standard InChI is InChI=1S/C19H17N5O/c20-17-12-15(16-8-4-5-10-21-16)13-18-22-19(23-24(17)18)25-11-9-14-6-2-1-3-7-14/h1-8,10,12-13H,9,11,20H2. The molecule has 4 aromatic rings. The molecule has 0 atom stereocenters. The van der Waals surface area contributed by atoms with Crippen LogP contribution in [0.15, 0.2) is 66.9 Å². The Balaban J connectivity index is 1.54. The first-order valence-corrected chi connectivity index (χ1v) is 8.04. The van der Waals surface area contributed by atoms with Crippen molar-refractivity contribution >= 4 is 11.5 Å². The van der Waals surface area contributed by atoms with Crippen LogP contribution in [0.3, 0.4) is 0 Å². The number of benzene rings is 1. The van der Waals surface area contributed by atoms with Gasteiger partial charge in [-0.2, -0.15) is 9.50 Å². The predicted octanol–water partition coefficient (Wildman–Crippen LogP) is 3.00. The molecule has 6 heteroatoms. The van der Waals surface area contributed by atoms with Crippen LogP contribution in [0.25, 0.3) is 16.9 Å². The summed E-state index contributed by atoms with van der Waals surface area (Å²) >= 11 is 0. The summed E-state index contributed by atoms with van der Waals surface area (Å²) < 4.78 is 7.25. The van der Waals surface area contributed by atoms with E-state index in [2.05, 4.69) is 27.2 Å². The summed E-state index contributed by atoms with van der Waals surface area (Å²) in [5.41, 5.74) is 9.69. The van der Waals surface area contributed by atoms with Crippen molar-refractivity contribution < 1.29 is 4.74 Å². The number of pyridine rings is 2. The number of nitrogens with two attached hydrogens (primary N) is 1. The van der Waals surface area contributed by atoms with Gasteiger partial charge < -0.3 is 10.5 Å². The zero-order valence-corrected chi connectivity index (χ0v) is 13.5. The van der Waals surface area contributed by atoms with Crippen molar-refractivity contribution in [2.45, 2.75) is 6.42 Å². The Labute approximate surface area is 144 Å². The van der Waals surface area contributed by atoms with E-state index in [1.807, 2.05) is 48.5 Å². The lowest BCUT2D eigenvalue weighted by atomic mass is 10.2. The van der Waals surface area contributed by atoms with Gasteiger partial charge in [0.25, 0.3) is 0 Å². The lowest BCUT2D eigenvalue weighted by Gasteiger charge is -2.03. The summed E-state index contributed by atoms with van der Waals surface area (Å²) in [5, 5.41) is 4.32. The van der Waals surface area contributed by atoms with E-state index >= 15 is 0 Å². The molecule has 124 valence electrons. The van der Waals surface area contributed by atoms with Crippen molar-refractivity contribution in [1.29, 1.82) is 0 Å². The van der Waals surface area contributed by atoms with Gasteiger partial charge in [0.15, 0.2) is 5.65 Å². The molecule has 4 rings (SSSR count). The van der Waals surface area contributed by atoms with E-state index in [4.69, 9.17) is 10.5 Å². The molecule has 0 amide bonds. The molecule has 3 heterocycles. The second-order valence-electron chi connectivity index (χ2n) is 5.63. The Morgan fingerprint density at radius 2 is 1.84 bits per heavy atom. The maximum absolute atomic E-state index is 6.10. The van der Waals surface area contributed by atoms with Crippen LogP contribution >= 0.6 is 0 Å². The zero-order valence-electron chi connectivity index (χ0n) is 13.5. The molecule has 0 saturated carbocycles. The fourth-order valence-corrected chi connectivity index (χ4v) is 2.64. The van der Waals surface area contributed by atoms with E-state index in [-0.39, 0.29) is 0 Å². The number of ether oxygens (including phenoxy) is 1. The van der Waals surface area contributed by atoms with E-state index in [0.717, 1.165) is 17.7 Å².